The Bertz CT molecular complexity index is 199. The van der Waals surface area contributed by atoms with Gasteiger partial charge in [0.25, 0.3) is 0 Å². The highest BCUT2D eigenvalue weighted by Gasteiger charge is 2.40. The van der Waals surface area contributed by atoms with Gasteiger partial charge < -0.3 is 11.1 Å². The second-order valence-electron chi connectivity index (χ2n) is 4.26. The lowest BCUT2D eigenvalue weighted by molar-refractivity contribution is -0.123. The summed E-state index contributed by atoms with van der Waals surface area (Å²) in [7, 11) is 0. The molecule has 3 N–H and O–H groups in total. The molecule has 0 aromatic carbocycles. The summed E-state index contributed by atoms with van der Waals surface area (Å²) in [4.78, 5) is 11.4. The Kier molecular flexibility index (Phi) is 1.83. The van der Waals surface area contributed by atoms with Crippen LogP contribution in [-0.4, -0.2) is 18.0 Å². The molecule has 0 radical (unpaired) electrons. The van der Waals surface area contributed by atoms with Gasteiger partial charge in [-0.3, -0.25) is 4.79 Å². The first-order valence-corrected chi connectivity index (χ1v) is 4.72. The van der Waals surface area contributed by atoms with Crippen LogP contribution in [0.5, 0.6) is 0 Å². The summed E-state index contributed by atoms with van der Waals surface area (Å²) < 4.78 is 0. The van der Waals surface area contributed by atoms with Gasteiger partial charge in [0.05, 0.1) is 0 Å². The number of carbonyl (C=O) groups excluding carboxylic acids is 1. The van der Waals surface area contributed by atoms with Gasteiger partial charge in [-0.25, -0.2) is 0 Å². The molecule has 0 bridgehead atoms. The molecule has 68 valence electrons. The van der Waals surface area contributed by atoms with Gasteiger partial charge in [0, 0.05) is 18.0 Å². The van der Waals surface area contributed by atoms with Crippen LogP contribution < -0.4 is 11.1 Å². The summed E-state index contributed by atoms with van der Waals surface area (Å²) in [6, 6.07) is 0.701. The van der Waals surface area contributed by atoms with Crippen molar-refractivity contribution in [1.82, 2.24) is 5.32 Å². The fraction of sp³-hybridized carbons (Fsp3) is 0.889. The summed E-state index contributed by atoms with van der Waals surface area (Å²) >= 11 is 0. The van der Waals surface area contributed by atoms with Gasteiger partial charge in [0.15, 0.2) is 0 Å². The quantitative estimate of drug-likeness (QED) is 0.621. The summed E-state index contributed by atoms with van der Waals surface area (Å²) in [6.45, 7) is 2.12. The molecule has 2 atom stereocenters. The molecule has 2 unspecified atom stereocenters. The van der Waals surface area contributed by atoms with E-state index in [0.717, 1.165) is 19.3 Å². The molecule has 12 heavy (non-hydrogen) atoms. The summed E-state index contributed by atoms with van der Waals surface area (Å²) in [6.07, 6.45) is 3.00. The van der Waals surface area contributed by atoms with Crippen molar-refractivity contribution in [3.8, 4) is 0 Å². The van der Waals surface area contributed by atoms with Crippen molar-refractivity contribution in [2.45, 2.75) is 38.3 Å². The Hall–Kier alpha value is -0.570. The van der Waals surface area contributed by atoms with E-state index in [1.807, 2.05) is 0 Å². The standard InChI is InChI=1S/C9H16N2O/c1-5-2-8(5)9(12)11-7-3-6(10)4-7/h5-8H,2-4,10H2,1H3,(H,11,12). The zero-order valence-corrected chi connectivity index (χ0v) is 7.42. The minimum Gasteiger partial charge on any atom is -0.353 e. The Morgan fingerprint density at radius 3 is 2.42 bits per heavy atom. The lowest BCUT2D eigenvalue weighted by Gasteiger charge is -2.33. The maximum Gasteiger partial charge on any atom is 0.223 e. The molecule has 0 aromatic heterocycles. The molecule has 0 aromatic rings. The Morgan fingerprint density at radius 1 is 1.42 bits per heavy atom. The van der Waals surface area contributed by atoms with Crippen molar-refractivity contribution in [2.24, 2.45) is 17.6 Å². The van der Waals surface area contributed by atoms with E-state index in [1.165, 1.54) is 0 Å². The normalized spacial score (nSPS) is 44.8. The highest BCUT2D eigenvalue weighted by molar-refractivity contribution is 5.81. The summed E-state index contributed by atoms with van der Waals surface area (Å²) in [5, 5.41) is 3.02. The molecule has 1 amide bonds. The van der Waals surface area contributed by atoms with E-state index in [0.29, 0.717) is 23.9 Å². The number of carbonyl (C=O) groups is 1. The first-order valence-electron chi connectivity index (χ1n) is 4.72. The highest BCUT2D eigenvalue weighted by atomic mass is 16.2. The lowest BCUT2D eigenvalue weighted by atomic mass is 9.87. The fourth-order valence-corrected chi connectivity index (χ4v) is 1.78. The topological polar surface area (TPSA) is 55.1 Å². The molecule has 0 spiro atoms. The zero-order chi connectivity index (χ0) is 8.72. The maximum atomic E-state index is 11.4. The highest BCUT2D eigenvalue weighted by Crippen LogP contribution is 2.38. The van der Waals surface area contributed by atoms with Gasteiger partial charge >= 0.3 is 0 Å². The van der Waals surface area contributed by atoms with Gasteiger partial charge in [-0.15, -0.1) is 0 Å². The molecular formula is C9H16N2O. The zero-order valence-electron chi connectivity index (χ0n) is 7.42. The van der Waals surface area contributed by atoms with E-state index in [2.05, 4.69) is 12.2 Å². The first kappa shape index (κ1) is 8.05. The molecule has 2 aliphatic rings. The average Bonchev–Trinajstić information content (AvgIpc) is 2.63. The predicted molar refractivity (Wildman–Crippen MR) is 46.4 cm³/mol. The second kappa shape index (κ2) is 2.73. The van der Waals surface area contributed by atoms with Crippen LogP contribution in [0.3, 0.4) is 0 Å². The summed E-state index contributed by atoms with van der Waals surface area (Å²) in [5.74, 6) is 1.17. The van der Waals surface area contributed by atoms with Crippen LogP contribution in [0.4, 0.5) is 0 Å². The van der Waals surface area contributed by atoms with E-state index in [-0.39, 0.29) is 5.91 Å². The van der Waals surface area contributed by atoms with E-state index in [4.69, 9.17) is 5.73 Å². The van der Waals surface area contributed by atoms with E-state index < -0.39 is 0 Å². The Morgan fingerprint density at radius 2 is 2.00 bits per heavy atom. The largest absolute Gasteiger partial charge is 0.353 e. The van der Waals surface area contributed by atoms with Gasteiger partial charge in [0.2, 0.25) is 5.91 Å². The molecule has 0 aliphatic heterocycles. The van der Waals surface area contributed by atoms with Gasteiger partial charge in [-0.1, -0.05) is 6.92 Å². The molecular weight excluding hydrogens is 152 g/mol. The third-order valence-corrected chi connectivity index (χ3v) is 2.97. The molecule has 2 rings (SSSR count). The number of nitrogens with two attached hydrogens (primary N) is 1. The third-order valence-electron chi connectivity index (χ3n) is 2.97. The van der Waals surface area contributed by atoms with Crippen LogP contribution >= 0.6 is 0 Å². The molecule has 0 saturated heterocycles. The van der Waals surface area contributed by atoms with Crippen molar-refractivity contribution >= 4 is 5.91 Å². The van der Waals surface area contributed by atoms with E-state index in [9.17, 15) is 4.79 Å². The lowest BCUT2D eigenvalue weighted by Crippen LogP contribution is -2.50. The van der Waals surface area contributed by atoms with Crippen molar-refractivity contribution in [2.75, 3.05) is 0 Å². The number of rotatable bonds is 2. The number of hydrogen-bond donors (Lipinski definition) is 2. The van der Waals surface area contributed by atoms with E-state index in [1.54, 1.807) is 0 Å². The minimum absolute atomic E-state index is 0.249. The van der Waals surface area contributed by atoms with Gasteiger partial charge in [0.1, 0.15) is 0 Å². The molecule has 2 saturated carbocycles. The maximum absolute atomic E-state index is 11.4. The van der Waals surface area contributed by atoms with Crippen LogP contribution in [0.25, 0.3) is 0 Å². The number of hydrogen-bond acceptors (Lipinski definition) is 2. The fourth-order valence-electron chi connectivity index (χ4n) is 1.78. The monoisotopic (exact) mass is 168 g/mol. The van der Waals surface area contributed by atoms with Crippen LogP contribution in [0.2, 0.25) is 0 Å². The molecule has 3 heteroatoms. The van der Waals surface area contributed by atoms with Crippen LogP contribution in [0.15, 0.2) is 0 Å². The molecule has 2 aliphatic carbocycles. The van der Waals surface area contributed by atoms with Crippen molar-refractivity contribution < 1.29 is 4.79 Å². The molecule has 2 fully saturated rings. The van der Waals surface area contributed by atoms with Crippen molar-refractivity contribution in [3.63, 3.8) is 0 Å². The smallest absolute Gasteiger partial charge is 0.223 e. The Balaban J connectivity index is 1.70. The number of amides is 1. The molecule has 0 heterocycles. The second-order valence-corrected chi connectivity index (χ2v) is 4.26. The average molecular weight is 168 g/mol. The predicted octanol–water partition coefficient (Wildman–Crippen LogP) is 0.248. The van der Waals surface area contributed by atoms with E-state index >= 15 is 0 Å². The van der Waals surface area contributed by atoms with Crippen molar-refractivity contribution in [1.29, 1.82) is 0 Å². The SMILES string of the molecule is CC1CC1C(=O)NC1CC(N)C1. The van der Waals surface area contributed by atoms with Crippen LogP contribution in [0.1, 0.15) is 26.2 Å². The van der Waals surface area contributed by atoms with Crippen molar-refractivity contribution in [3.05, 3.63) is 0 Å². The van der Waals surface area contributed by atoms with Gasteiger partial charge in [-0.2, -0.15) is 0 Å². The summed E-state index contributed by atoms with van der Waals surface area (Å²) in [5.41, 5.74) is 5.61. The van der Waals surface area contributed by atoms with Crippen LogP contribution in [-0.2, 0) is 4.79 Å². The minimum atomic E-state index is 0.249. The van der Waals surface area contributed by atoms with Crippen LogP contribution in [0, 0.1) is 11.8 Å². The molecule has 3 nitrogen and oxygen atoms in total. The first-order chi connectivity index (χ1) is 5.66. The third kappa shape index (κ3) is 1.46. The Labute approximate surface area is 72.7 Å². The number of nitrogens with one attached hydrogen (secondary N) is 1. The van der Waals surface area contributed by atoms with Gasteiger partial charge in [-0.05, 0) is 25.2 Å².